The Morgan fingerprint density at radius 1 is 1.39 bits per heavy atom. The lowest BCUT2D eigenvalue weighted by Gasteiger charge is -2.03. The molecule has 0 aromatic carbocycles. The first-order valence-electron chi connectivity index (χ1n) is 5.95. The van der Waals surface area contributed by atoms with E-state index < -0.39 is 0 Å². The topological polar surface area (TPSA) is 54.0 Å². The minimum Gasteiger partial charge on any atom is -0.338 e. The molecule has 0 saturated heterocycles. The number of carbonyl (C=O) groups is 1. The van der Waals surface area contributed by atoms with Gasteiger partial charge in [0.05, 0.1) is 0 Å². The number of thiophene rings is 1. The highest BCUT2D eigenvalue weighted by molar-refractivity contribution is 7.22. The Morgan fingerprint density at radius 2 is 2.11 bits per heavy atom. The molecule has 96 valence electrons. The number of aryl methyl sites for hydroxylation is 3. The van der Waals surface area contributed by atoms with Crippen LogP contribution in [-0.4, -0.2) is 17.6 Å². The van der Waals surface area contributed by atoms with E-state index in [4.69, 9.17) is 0 Å². The number of hydrogen-bond donors (Lipinski definition) is 2. The van der Waals surface area contributed by atoms with Gasteiger partial charge in [-0.1, -0.05) is 11.3 Å². The number of rotatable bonds is 2. The number of urea groups is 1. The Hall–Kier alpha value is -1.62. The zero-order chi connectivity index (χ0) is 13.3. The molecule has 2 N–H and O–H groups in total. The van der Waals surface area contributed by atoms with E-state index in [2.05, 4.69) is 28.6 Å². The quantitative estimate of drug-likeness (QED) is 0.873. The van der Waals surface area contributed by atoms with Crippen LogP contribution in [0.25, 0.3) is 10.2 Å². The summed E-state index contributed by atoms with van der Waals surface area (Å²) in [6, 6.07) is 1.97. The first-order valence-corrected chi connectivity index (χ1v) is 6.76. The molecule has 0 aliphatic heterocycles. The Kier molecular flexibility index (Phi) is 3.52. The fourth-order valence-corrected chi connectivity index (χ4v) is 2.86. The second-order valence-corrected chi connectivity index (χ2v) is 5.28. The largest absolute Gasteiger partial charge is 0.338 e. The van der Waals surface area contributed by atoms with Crippen molar-refractivity contribution in [3.63, 3.8) is 0 Å². The molecule has 2 amide bonds. The molecule has 2 aromatic heterocycles. The van der Waals surface area contributed by atoms with Crippen molar-refractivity contribution in [2.24, 2.45) is 0 Å². The van der Waals surface area contributed by atoms with Crippen LogP contribution in [0.4, 0.5) is 9.80 Å². The Balaban J connectivity index is 2.41. The van der Waals surface area contributed by atoms with Crippen LogP contribution < -0.4 is 10.6 Å². The van der Waals surface area contributed by atoms with Crippen molar-refractivity contribution >= 4 is 32.6 Å². The van der Waals surface area contributed by atoms with Gasteiger partial charge in [0.2, 0.25) is 0 Å². The normalized spacial score (nSPS) is 10.7. The summed E-state index contributed by atoms with van der Waals surface area (Å²) in [5.74, 6) is 0. The second kappa shape index (κ2) is 4.94. The summed E-state index contributed by atoms with van der Waals surface area (Å²) < 4.78 is 0. The molecule has 0 aliphatic rings. The van der Waals surface area contributed by atoms with Crippen LogP contribution in [0, 0.1) is 20.8 Å². The summed E-state index contributed by atoms with van der Waals surface area (Å²) in [7, 11) is 0. The van der Waals surface area contributed by atoms with Crippen molar-refractivity contribution in [2.75, 3.05) is 11.9 Å². The van der Waals surface area contributed by atoms with Gasteiger partial charge in [0.1, 0.15) is 9.83 Å². The third-order valence-corrected chi connectivity index (χ3v) is 4.06. The predicted molar refractivity (Wildman–Crippen MR) is 76.5 cm³/mol. The van der Waals surface area contributed by atoms with E-state index in [1.165, 1.54) is 16.9 Å². The fourth-order valence-electron chi connectivity index (χ4n) is 1.75. The van der Waals surface area contributed by atoms with Gasteiger partial charge in [0, 0.05) is 17.6 Å². The Bertz CT molecular complexity index is 604. The average Bonchev–Trinajstić information content (AvgIpc) is 2.58. The standard InChI is InChI=1S/C13H17N3OS/c1-5-14-13(17)16-11-8(3)10-6-7(2)9(4)15-12(10)18-11/h6H,5H2,1-4H3,(H2,14,16,17). The molecular formula is C13H17N3OS. The van der Waals surface area contributed by atoms with Crippen LogP contribution >= 0.6 is 11.3 Å². The van der Waals surface area contributed by atoms with Crippen molar-refractivity contribution in [1.82, 2.24) is 10.3 Å². The van der Waals surface area contributed by atoms with Crippen molar-refractivity contribution in [1.29, 1.82) is 0 Å². The Morgan fingerprint density at radius 3 is 2.78 bits per heavy atom. The van der Waals surface area contributed by atoms with Crippen molar-refractivity contribution < 1.29 is 4.79 Å². The van der Waals surface area contributed by atoms with E-state index in [9.17, 15) is 4.79 Å². The maximum absolute atomic E-state index is 11.5. The molecule has 0 aliphatic carbocycles. The number of hydrogen-bond acceptors (Lipinski definition) is 3. The maximum atomic E-state index is 11.5. The second-order valence-electron chi connectivity index (χ2n) is 4.28. The summed E-state index contributed by atoms with van der Waals surface area (Å²) in [6.45, 7) is 8.57. The summed E-state index contributed by atoms with van der Waals surface area (Å²) >= 11 is 1.52. The van der Waals surface area contributed by atoms with E-state index in [1.54, 1.807) is 0 Å². The minimum atomic E-state index is -0.166. The lowest BCUT2D eigenvalue weighted by molar-refractivity contribution is 0.252. The molecule has 0 unspecified atom stereocenters. The number of amides is 2. The van der Waals surface area contributed by atoms with Crippen molar-refractivity contribution in [3.8, 4) is 0 Å². The van der Waals surface area contributed by atoms with Gasteiger partial charge >= 0.3 is 6.03 Å². The minimum absolute atomic E-state index is 0.166. The predicted octanol–water partition coefficient (Wildman–Crippen LogP) is 3.36. The molecule has 2 rings (SSSR count). The molecule has 0 fully saturated rings. The number of anilines is 1. The third-order valence-electron chi connectivity index (χ3n) is 2.94. The number of carbonyl (C=O) groups excluding carboxylic acids is 1. The van der Waals surface area contributed by atoms with E-state index >= 15 is 0 Å². The van der Waals surface area contributed by atoms with Gasteiger partial charge in [-0.05, 0) is 44.9 Å². The summed E-state index contributed by atoms with van der Waals surface area (Å²) in [5, 5.41) is 7.58. The summed E-state index contributed by atoms with van der Waals surface area (Å²) in [5.41, 5.74) is 3.29. The van der Waals surface area contributed by atoms with Crippen molar-refractivity contribution in [2.45, 2.75) is 27.7 Å². The van der Waals surface area contributed by atoms with Gasteiger partial charge in [-0.3, -0.25) is 5.32 Å². The van der Waals surface area contributed by atoms with E-state index in [0.29, 0.717) is 6.54 Å². The zero-order valence-electron chi connectivity index (χ0n) is 11.0. The number of fused-ring (bicyclic) bond motifs is 1. The number of nitrogens with zero attached hydrogens (tertiary/aromatic N) is 1. The molecule has 0 atom stereocenters. The molecule has 4 nitrogen and oxygen atoms in total. The van der Waals surface area contributed by atoms with Crippen LogP contribution in [0.3, 0.4) is 0 Å². The zero-order valence-corrected chi connectivity index (χ0v) is 11.9. The number of aromatic nitrogens is 1. The van der Waals surface area contributed by atoms with Crippen LogP contribution in [0.5, 0.6) is 0 Å². The molecule has 0 bridgehead atoms. The highest BCUT2D eigenvalue weighted by atomic mass is 32.1. The van der Waals surface area contributed by atoms with E-state index in [0.717, 1.165) is 26.5 Å². The lowest BCUT2D eigenvalue weighted by Crippen LogP contribution is -2.28. The summed E-state index contributed by atoms with van der Waals surface area (Å²) in [6.07, 6.45) is 0. The molecular weight excluding hydrogens is 246 g/mol. The smallest absolute Gasteiger partial charge is 0.319 e. The van der Waals surface area contributed by atoms with Gasteiger partial charge in [-0.2, -0.15) is 0 Å². The molecule has 0 spiro atoms. The fraction of sp³-hybridized carbons (Fsp3) is 0.385. The van der Waals surface area contributed by atoms with Crippen LogP contribution in [0.2, 0.25) is 0 Å². The molecule has 18 heavy (non-hydrogen) atoms. The molecule has 2 heterocycles. The third kappa shape index (κ3) is 2.31. The summed E-state index contributed by atoms with van der Waals surface area (Å²) in [4.78, 5) is 17.1. The molecule has 2 aromatic rings. The van der Waals surface area contributed by atoms with Gasteiger partial charge in [-0.25, -0.2) is 9.78 Å². The molecule has 0 saturated carbocycles. The van der Waals surface area contributed by atoms with Gasteiger partial charge in [0.15, 0.2) is 0 Å². The molecule has 0 radical (unpaired) electrons. The first kappa shape index (κ1) is 12.8. The Labute approximate surface area is 110 Å². The van der Waals surface area contributed by atoms with Crippen LogP contribution in [-0.2, 0) is 0 Å². The van der Waals surface area contributed by atoms with Gasteiger partial charge in [-0.15, -0.1) is 0 Å². The van der Waals surface area contributed by atoms with Gasteiger partial charge < -0.3 is 5.32 Å². The highest BCUT2D eigenvalue weighted by Gasteiger charge is 2.12. The van der Waals surface area contributed by atoms with E-state index in [-0.39, 0.29) is 6.03 Å². The number of pyridine rings is 1. The lowest BCUT2D eigenvalue weighted by atomic mass is 10.1. The van der Waals surface area contributed by atoms with E-state index in [1.807, 2.05) is 20.8 Å². The SMILES string of the molecule is CCNC(=O)Nc1sc2nc(C)c(C)cc2c1C. The first-order chi connectivity index (χ1) is 8.52. The average molecular weight is 263 g/mol. The highest BCUT2D eigenvalue weighted by Crippen LogP contribution is 2.34. The molecule has 5 heteroatoms. The van der Waals surface area contributed by atoms with Gasteiger partial charge in [0.25, 0.3) is 0 Å². The van der Waals surface area contributed by atoms with Crippen LogP contribution in [0.15, 0.2) is 6.07 Å². The van der Waals surface area contributed by atoms with Crippen molar-refractivity contribution in [3.05, 3.63) is 22.9 Å². The van der Waals surface area contributed by atoms with Crippen LogP contribution in [0.1, 0.15) is 23.7 Å². The maximum Gasteiger partial charge on any atom is 0.319 e. The monoisotopic (exact) mass is 263 g/mol. The number of nitrogens with one attached hydrogen (secondary N) is 2.